The van der Waals surface area contributed by atoms with Crippen molar-refractivity contribution in [3.05, 3.63) is 52.9 Å². The van der Waals surface area contributed by atoms with Crippen molar-refractivity contribution in [2.75, 3.05) is 18.4 Å². The predicted octanol–water partition coefficient (Wildman–Crippen LogP) is 3.34. The molecule has 1 atom stereocenters. The number of piperidine rings is 1. The zero-order valence-electron chi connectivity index (χ0n) is 15.4. The Bertz CT molecular complexity index is 949. The van der Waals surface area contributed by atoms with Crippen molar-refractivity contribution in [2.45, 2.75) is 25.7 Å². The molecule has 140 valence electrons. The Morgan fingerprint density at radius 1 is 1.33 bits per heavy atom. The number of aromatic nitrogens is 4. The molecule has 27 heavy (non-hydrogen) atoms. The summed E-state index contributed by atoms with van der Waals surface area (Å²) in [5.41, 5.74) is 1.65. The predicted molar refractivity (Wildman–Crippen MR) is 105 cm³/mol. The number of nitrogens with zero attached hydrogens (tertiary/aromatic N) is 5. The standard InChI is InChI=1S/C19H22N6OS/c1-13-9-20-19(27-13)23-17-7-3-6-16(22-17)14-5-4-8-25(12-14)18(26)15-10-21-24(2)11-15/h3,6-7,9-11,14H,4-5,8,12H2,1-2H3,(H,20,22,23). The van der Waals surface area contributed by atoms with Crippen molar-refractivity contribution in [1.82, 2.24) is 24.6 Å². The van der Waals surface area contributed by atoms with Crippen LogP contribution in [0.15, 0.2) is 36.8 Å². The number of likely N-dealkylation sites (tertiary alicyclic amines) is 1. The molecule has 3 aromatic rings. The van der Waals surface area contributed by atoms with Crippen molar-refractivity contribution in [1.29, 1.82) is 0 Å². The molecule has 1 N–H and O–H groups in total. The number of amides is 1. The van der Waals surface area contributed by atoms with E-state index in [4.69, 9.17) is 4.98 Å². The van der Waals surface area contributed by atoms with Crippen LogP contribution in [0.1, 0.15) is 39.7 Å². The number of nitrogens with one attached hydrogen (secondary N) is 1. The molecule has 0 bridgehead atoms. The van der Waals surface area contributed by atoms with E-state index in [-0.39, 0.29) is 11.8 Å². The molecule has 3 aromatic heterocycles. The lowest BCUT2D eigenvalue weighted by Gasteiger charge is -2.32. The quantitative estimate of drug-likeness (QED) is 0.749. The monoisotopic (exact) mass is 382 g/mol. The molecule has 0 aromatic carbocycles. The van der Waals surface area contributed by atoms with Crippen molar-refractivity contribution in [2.24, 2.45) is 7.05 Å². The highest BCUT2D eigenvalue weighted by Crippen LogP contribution is 2.28. The maximum absolute atomic E-state index is 12.7. The third kappa shape index (κ3) is 4.00. The fraction of sp³-hybridized carbons (Fsp3) is 0.368. The van der Waals surface area contributed by atoms with Crippen molar-refractivity contribution < 1.29 is 4.79 Å². The lowest BCUT2D eigenvalue weighted by atomic mass is 9.94. The summed E-state index contributed by atoms with van der Waals surface area (Å²) in [4.78, 5) is 24.9. The van der Waals surface area contributed by atoms with Gasteiger partial charge < -0.3 is 10.2 Å². The summed E-state index contributed by atoms with van der Waals surface area (Å²) in [6.45, 7) is 3.49. The third-order valence-corrected chi connectivity index (χ3v) is 5.53. The number of rotatable bonds is 4. The molecule has 4 rings (SSSR count). The van der Waals surface area contributed by atoms with E-state index < -0.39 is 0 Å². The average Bonchev–Trinajstić information content (AvgIpc) is 3.29. The first kappa shape index (κ1) is 17.7. The molecule has 0 aliphatic carbocycles. The number of thiazole rings is 1. The Balaban J connectivity index is 1.48. The van der Waals surface area contributed by atoms with E-state index >= 15 is 0 Å². The molecule has 1 aliphatic rings. The molecule has 1 fully saturated rings. The first-order valence-electron chi connectivity index (χ1n) is 9.03. The Hall–Kier alpha value is -2.74. The van der Waals surface area contributed by atoms with E-state index in [1.807, 2.05) is 43.3 Å². The number of aryl methyl sites for hydroxylation is 2. The molecule has 0 saturated carbocycles. The van der Waals surface area contributed by atoms with Crippen molar-refractivity contribution >= 4 is 28.2 Å². The maximum atomic E-state index is 12.7. The largest absolute Gasteiger partial charge is 0.338 e. The van der Waals surface area contributed by atoms with Crippen LogP contribution in [0.3, 0.4) is 0 Å². The van der Waals surface area contributed by atoms with Gasteiger partial charge in [-0.25, -0.2) is 9.97 Å². The summed E-state index contributed by atoms with van der Waals surface area (Å²) < 4.78 is 1.66. The van der Waals surface area contributed by atoms with Crippen LogP contribution in [0.2, 0.25) is 0 Å². The van der Waals surface area contributed by atoms with Crippen molar-refractivity contribution in [3.63, 3.8) is 0 Å². The van der Waals surface area contributed by atoms with E-state index in [1.54, 1.807) is 28.4 Å². The summed E-state index contributed by atoms with van der Waals surface area (Å²) in [6, 6.07) is 6.00. The summed E-state index contributed by atoms with van der Waals surface area (Å²) in [7, 11) is 1.82. The van der Waals surface area contributed by atoms with Gasteiger partial charge in [-0.1, -0.05) is 6.07 Å². The third-order valence-electron chi connectivity index (χ3n) is 4.71. The first-order valence-corrected chi connectivity index (χ1v) is 9.84. The molecule has 1 aliphatic heterocycles. The minimum absolute atomic E-state index is 0.0420. The fourth-order valence-electron chi connectivity index (χ4n) is 3.39. The van der Waals surface area contributed by atoms with Gasteiger partial charge >= 0.3 is 0 Å². The second kappa shape index (κ2) is 7.48. The molecule has 0 radical (unpaired) electrons. The number of carbonyl (C=O) groups is 1. The van der Waals surface area contributed by atoms with Crippen LogP contribution in [0.25, 0.3) is 0 Å². The van der Waals surface area contributed by atoms with Gasteiger partial charge in [0.05, 0.1) is 11.8 Å². The number of hydrogen-bond donors (Lipinski definition) is 1. The van der Waals surface area contributed by atoms with Gasteiger partial charge in [-0.2, -0.15) is 5.10 Å². The van der Waals surface area contributed by atoms with Gasteiger partial charge in [0.1, 0.15) is 5.82 Å². The highest BCUT2D eigenvalue weighted by molar-refractivity contribution is 7.15. The maximum Gasteiger partial charge on any atom is 0.257 e. The van der Waals surface area contributed by atoms with Crippen molar-refractivity contribution in [3.8, 4) is 0 Å². The molecule has 1 unspecified atom stereocenters. The molecule has 8 heteroatoms. The van der Waals surface area contributed by atoms with Gasteiger partial charge in [-0.15, -0.1) is 11.3 Å². The van der Waals surface area contributed by atoms with E-state index in [2.05, 4.69) is 15.4 Å². The zero-order valence-corrected chi connectivity index (χ0v) is 16.2. The van der Waals surface area contributed by atoms with Crippen LogP contribution in [-0.2, 0) is 7.05 Å². The molecule has 1 saturated heterocycles. The van der Waals surface area contributed by atoms with Crippen LogP contribution >= 0.6 is 11.3 Å². The van der Waals surface area contributed by atoms with Crippen LogP contribution < -0.4 is 5.32 Å². The summed E-state index contributed by atoms with van der Waals surface area (Å²) in [5.74, 6) is 1.07. The van der Waals surface area contributed by atoms with Gasteiger partial charge in [0, 0.05) is 49.0 Å². The molecule has 1 amide bonds. The second-order valence-electron chi connectivity index (χ2n) is 6.84. The fourth-order valence-corrected chi connectivity index (χ4v) is 4.06. The topological polar surface area (TPSA) is 75.9 Å². The van der Waals surface area contributed by atoms with Crippen LogP contribution in [0.4, 0.5) is 10.9 Å². The first-order chi connectivity index (χ1) is 13.1. The van der Waals surface area contributed by atoms with Crippen LogP contribution in [0.5, 0.6) is 0 Å². The van der Waals surface area contributed by atoms with Crippen LogP contribution in [0, 0.1) is 6.92 Å². The molecular formula is C19H22N6OS. The normalized spacial score (nSPS) is 17.1. The minimum atomic E-state index is 0.0420. The van der Waals surface area contributed by atoms with E-state index in [0.29, 0.717) is 12.1 Å². The lowest BCUT2D eigenvalue weighted by Crippen LogP contribution is -2.39. The van der Waals surface area contributed by atoms with E-state index in [9.17, 15) is 4.79 Å². The minimum Gasteiger partial charge on any atom is -0.338 e. The van der Waals surface area contributed by atoms with Gasteiger partial charge in [0.15, 0.2) is 5.13 Å². The summed E-state index contributed by atoms with van der Waals surface area (Å²) in [5, 5.41) is 8.22. The average molecular weight is 382 g/mol. The van der Waals surface area contributed by atoms with E-state index in [1.165, 1.54) is 0 Å². The Morgan fingerprint density at radius 3 is 2.96 bits per heavy atom. The lowest BCUT2D eigenvalue weighted by molar-refractivity contribution is 0.0706. The molecule has 7 nitrogen and oxygen atoms in total. The Kier molecular flexibility index (Phi) is 4.89. The molecule has 4 heterocycles. The van der Waals surface area contributed by atoms with Gasteiger partial charge in [0.25, 0.3) is 5.91 Å². The number of pyridine rings is 1. The smallest absolute Gasteiger partial charge is 0.257 e. The van der Waals surface area contributed by atoms with Gasteiger partial charge in [-0.3, -0.25) is 9.48 Å². The van der Waals surface area contributed by atoms with Crippen LogP contribution in [-0.4, -0.2) is 43.6 Å². The summed E-state index contributed by atoms with van der Waals surface area (Å²) in [6.07, 6.45) is 7.25. The van der Waals surface area contributed by atoms with Gasteiger partial charge in [0.2, 0.25) is 0 Å². The second-order valence-corrected chi connectivity index (χ2v) is 8.08. The number of hydrogen-bond acceptors (Lipinski definition) is 6. The molecule has 0 spiro atoms. The molecular weight excluding hydrogens is 360 g/mol. The zero-order chi connectivity index (χ0) is 18.8. The number of anilines is 2. The summed E-state index contributed by atoms with van der Waals surface area (Å²) >= 11 is 1.60. The van der Waals surface area contributed by atoms with E-state index in [0.717, 1.165) is 40.9 Å². The SMILES string of the molecule is Cc1cnc(Nc2cccc(C3CCCN(C(=O)c4cnn(C)c4)C3)n2)s1. The Labute approximate surface area is 162 Å². The Morgan fingerprint density at radius 2 is 2.22 bits per heavy atom. The van der Waals surface area contributed by atoms with Gasteiger partial charge in [-0.05, 0) is 31.9 Å². The number of carbonyl (C=O) groups excluding carboxylic acids is 1. The highest BCUT2D eigenvalue weighted by atomic mass is 32.1. The highest BCUT2D eigenvalue weighted by Gasteiger charge is 2.27.